The molecule has 0 saturated heterocycles. The summed E-state index contributed by atoms with van der Waals surface area (Å²) < 4.78 is 0. The van der Waals surface area contributed by atoms with Crippen molar-refractivity contribution in [3.8, 4) is 0 Å². The topological polar surface area (TPSA) is 41.6 Å². The van der Waals surface area contributed by atoms with Gasteiger partial charge in [0.1, 0.15) is 0 Å². The van der Waals surface area contributed by atoms with Crippen LogP contribution in [0.25, 0.3) is 0 Å². The molecule has 1 aliphatic heterocycles. The van der Waals surface area contributed by atoms with Crippen LogP contribution >= 0.6 is 0 Å². The molecule has 3 heteroatoms. The van der Waals surface area contributed by atoms with Gasteiger partial charge in [0, 0.05) is 37.5 Å². The molecule has 2 N–H and O–H groups in total. The van der Waals surface area contributed by atoms with Crippen molar-refractivity contribution >= 4 is 6.21 Å². The molecule has 1 rings (SSSR count). The summed E-state index contributed by atoms with van der Waals surface area (Å²) >= 11 is 0. The monoisotopic (exact) mass is 221 g/mol. The molecular weight excluding hydrogens is 198 g/mol. The molecule has 0 aliphatic carbocycles. The van der Waals surface area contributed by atoms with Crippen LogP contribution in [-0.2, 0) is 0 Å². The Morgan fingerprint density at radius 1 is 1.38 bits per heavy atom. The Labute approximate surface area is 98.7 Å². The van der Waals surface area contributed by atoms with E-state index < -0.39 is 0 Å². The summed E-state index contributed by atoms with van der Waals surface area (Å²) in [6, 6.07) is 0.111. The van der Waals surface area contributed by atoms with Crippen LogP contribution in [0.5, 0.6) is 0 Å². The molecule has 0 aromatic heterocycles. The lowest BCUT2D eigenvalue weighted by Crippen LogP contribution is -2.19. The summed E-state index contributed by atoms with van der Waals surface area (Å²) in [5.74, 6) is 0. The molecule has 16 heavy (non-hydrogen) atoms. The third-order valence-corrected chi connectivity index (χ3v) is 2.75. The van der Waals surface area contributed by atoms with Gasteiger partial charge in [-0.2, -0.15) is 0 Å². The van der Waals surface area contributed by atoms with Gasteiger partial charge in [0.25, 0.3) is 0 Å². The number of hydrogen-bond acceptors (Lipinski definition) is 3. The highest BCUT2D eigenvalue weighted by Gasteiger charge is 2.11. The van der Waals surface area contributed by atoms with E-state index in [1.807, 2.05) is 26.1 Å². The smallest absolute Gasteiger partial charge is 0.0444 e. The SMILES string of the molecule is CC=NC1=C(/C=C\C(C)N)CCN(C)CC1. The van der Waals surface area contributed by atoms with Gasteiger partial charge in [-0.1, -0.05) is 12.2 Å². The largest absolute Gasteiger partial charge is 0.325 e. The Morgan fingerprint density at radius 3 is 2.69 bits per heavy atom. The average Bonchev–Trinajstić information content (AvgIpc) is 2.40. The lowest BCUT2D eigenvalue weighted by molar-refractivity contribution is 0.351. The van der Waals surface area contributed by atoms with Crippen molar-refractivity contribution in [1.82, 2.24) is 4.90 Å². The summed E-state index contributed by atoms with van der Waals surface area (Å²) in [6.07, 6.45) is 8.16. The van der Waals surface area contributed by atoms with Gasteiger partial charge in [0.15, 0.2) is 0 Å². The number of hydrogen-bond donors (Lipinski definition) is 1. The maximum absolute atomic E-state index is 5.74. The molecule has 0 aromatic carbocycles. The van der Waals surface area contributed by atoms with Crippen LogP contribution < -0.4 is 5.73 Å². The highest BCUT2D eigenvalue weighted by molar-refractivity contribution is 5.56. The van der Waals surface area contributed by atoms with E-state index in [-0.39, 0.29) is 6.04 Å². The Kier molecular flexibility index (Phi) is 5.43. The molecule has 0 saturated carbocycles. The number of nitrogens with zero attached hydrogens (tertiary/aromatic N) is 2. The lowest BCUT2D eigenvalue weighted by atomic mass is 10.1. The standard InChI is InChI=1S/C13H23N3/c1-4-15-13-8-10-16(3)9-7-12(13)6-5-11(2)14/h4-6,11H,7-10,14H2,1-3H3/b6-5-,15-4?. The minimum absolute atomic E-state index is 0.111. The first-order chi connectivity index (χ1) is 7.63. The second kappa shape index (κ2) is 6.61. The van der Waals surface area contributed by atoms with Crippen molar-refractivity contribution in [2.45, 2.75) is 32.7 Å². The van der Waals surface area contributed by atoms with E-state index in [1.165, 1.54) is 11.3 Å². The van der Waals surface area contributed by atoms with Gasteiger partial charge in [0.2, 0.25) is 0 Å². The molecule has 0 spiro atoms. The van der Waals surface area contributed by atoms with Crippen LogP contribution in [-0.4, -0.2) is 37.3 Å². The van der Waals surface area contributed by atoms with Gasteiger partial charge < -0.3 is 10.6 Å². The van der Waals surface area contributed by atoms with Crippen molar-refractivity contribution in [2.24, 2.45) is 10.7 Å². The Hall–Kier alpha value is -0.930. The molecule has 0 amide bonds. The highest BCUT2D eigenvalue weighted by Crippen LogP contribution is 2.20. The Balaban J connectivity index is 2.85. The van der Waals surface area contributed by atoms with E-state index in [9.17, 15) is 0 Å². The summed E-state index contributed by atoms with van der Waals surface area (Å²) in [6.45, 7) is 6.14. The zero-order chi connectivity index (χ0) is 12.0. The summed E-state index contributed by atoms with van der Waals surface area (Å²) in [5, 5.41) is 0. The molecule has 1 unspecified atom stereocenters. The van der Waals surface area contributed by atoms with Crippen LogP contribution in [0, 0.1) is 0 Å². The van der Waals surface area contributed by atoms with Gasteiger partial charge >= 0.3 is 0 Å². The summed E-state index contributed by atoms with van der Waals surface area (Å²) in [4.78, 5) is 6.82. The maximum Gasteiger partial charge on any atom is 0.0444 e. The zero-order valence-electron chi connectivity index (χ0n) is 10.6. The molecule has 1 atom stereocenters. The van der Waals surface area contributed by atoms with Crippen molar-refractivity contribution in [1.29, 1.82) is 0 Å². The van der Waals surface area contributed by atoms with Crippen molar-refractivity contribution in [2.75, 3.05) is 20.1 Å². The quantitative estimate of drug-likeness (QED) is 0.740. The van der Waals surface area contributed by atoms with Gasteiger partial charge in [0.05, 0.1) is 0 Å². The van der Waals surface area contributed by atoms with Crippen molar-refractivity contribution in [3.63, 3.8) is 0 Å². The van der Waals surface area contributed by atoms with Crippen LogP contribution in [0.1, 0.15) is 26.7 Å². The first-order valence-electron chi connectivity index (χ1n) is 5.96. The maximum atomic E-state index is 5.74. The van der Waals surface area contributed by atoms with E-state index in [1.54, 1.807) is 0 Å². The normalized spacial score (nSPS) is 22.0. The molecular formula is C13H23N3. The highest BCUT2D eigenvalue weighted by atomic mass is 15.1. The number of nitrogens with two attached hydrogens (primary N) is 1. The van der Waals surface area contributed by atoms with Crippen LogP contribution in [0.2, 0.25) is 0 Å². The van der Waals surface area contributed by atoms with Crippen LogP contribution in [0.15, 0.2) is 28.4 Å². The van der Waals surface area contributed by atoms with E-state index in [0.29, 0.717) is 0 Å². The molecule has 1 aliphatic rings. The van der Waals surface area contributed by atoms with Gasteiger partial charge in [-0.05, 0) is 32.9 Å². The minimum Gasteiger partial charge on any atom is -0.325 e. The van der Waals surface area contributed by atoms with E-state index >= 15 is 0 Å². The number of rotatable bonds is 3. The minimum atomic E-state index is 0.111. The van der Waals surface area contributed by atoms with Crippen molar-refractivity contribution < 1.29 is 0 Å². The van der Waals surface area contributed by atoms with E-state index in [0.717, 1.165) is 25.9 Å². The average molecular weight is 221 g/mol. The lowest BCUT2D eigenvalue weighted by Gasteiger charge is -2.11. The molecule has 90 valence electrons. The van der Waals surface area contributed by atoms with E-state index in [2.05, 4.69) is 23.0 Å². The van der Waals surface area contributed by atoms with Crippen molar-refractivity contribution in [3.05, 3.63) is 23.4 Å². The second-order valence-corrected chi connectivity index (χ2v) is 4.38. The molecule has 0 aromatic rings. The van der Waals surface area contributed by atoms with Gasteiger partial charge in [-0.3, -0.25) is 4.99 Å². The van der Waals surface area contributed by atoms with Gasteiger partial charge in [-0.15, -0.1) is 0 Å². The predicted octanol–water partition coefficient (Wildman–Crippen LogP) is 1.96. The van der Waals surface area contributed by atoms with E-state index in [4.69, 9.17) is 5.73 Å². The fourth-order valence-corrected chi connectivity index (χ4v) is 1.78. The number of aliphatic imine (C=N–C) groups is 1. The molecule has 0 bridgehead atoms. The first-order valence-corrected chi connectivity index (χ1v) is 5.96. The fraction of sp³-hybridized carbons (Fsp3) is 0.615. The second-order valence-electron chi connectivity index (χ2n) is 4.38. The third-order valence-electron chi connectivity index (χ3n) is 2.75. The number of allylic oxidation sites excluding steroid dienone is 1. The third kappa shape index (κ3) is 4.29. The van der Waals surface area contributed by atoms with Crippen LogP contribution in [0.4, 0.5) is 0 Å². The van der Waals surface area contributed by atoms with Gasteiger partial charge in [-0.25, -0.2) is 0 Å². The Bertz CT molecular complexity index is 300. The fourth-order valence-electron chi connectivity index (χ4n) is 1.78. The molecule has 0 fully saturated rings. The Morgan fingerprint density at radius 2 is 2.06 bits per heavy atom. The zero-order valence-corrected chi connectivity index (χ0v) is 10.6. The molecule has 1 heterocycles. The molecule has 3 nitrogen and oxygen atoms in total. The predicted molar refractivity (Wildman–Crippen MR) is 70.7 cm³/mol. The van der Waals surface area contributed by atoms with Crippen LogP contribution in [0.3, 0.4) is 0 Å². The molecule has 0 radical (unpaired) electrons. The summed E-state index contributed by atoms with van der Waals surface area (Å²) in [5.41, 5.74) is 8.28. The summed E-state index contributed by atoms with van der Waals surface area (Å²) in [7, 11) is 2.16. The first kappa shape index (κ1) is 13.1.